The van der Waals surface area contributed by atoms with Crippen molar-refractivity contribution < 1.29 is 9.18 Å². The molecule has 3 N–H and O–H groups in total. The van der Waals surface area contributed by atoms with Gasteiger partial charge in [0.15, 0.2) is 0 Å². The van der Waals surface area contributed by atoms with Gasteiger partial charge in [0.25, 0.3) is 5.56 Å². The van der Waals surface area contributed by atoms with Crippen LogP contribution < -0.4 is 27.2 Å². The zero-order chi connectivity index (χ0) is 20.4. The number of nitrogens with one attached hydrogen (secondary N) is 1. The molecule has 0 atom stereocenters. The molecule has 1 saturated heterocycles. The molecule has 2 aromatic rings. The molecule has 1 aliphatic heterocycles. The van der Waals surface area contributed by atoms with Gasteiger partial charge in [0.05, 0.1) is 0 Å². The molecule has 1 aliphatic rings. The zero-order valence-electron chi connectivity index (χ0n) is 16.0. The number of nitrogen functional groups attached to an aromatic ring is 1. The van der Waals surface area contributed by atoms with Gasteiger partial charge in [-0.1, -0.05) is 6.07 Å². The highest BCUT2D eigenvalue weighted by Crippen LogP contribution is 2.21. The van der Waals surface area contributed by atoms with Gasteiger partial charge >= 0.3 is 5.69 Å². The summed E-state index contributed by atoms with van der Waals surface area (Å²) in [6.07, 6.45) is 2.94. The van der Waals surface area contributed by atoms with E-state index in [0.717, 1.165) is 23.8 Å². The predicted octanol–water partition coefficient (Wildman–Crippen LogP) is 1.21. The molecule has 0 bridgehead atoms. The SMILES string of the molecule is Cc1ccc(NC(=O)Cn2c(=O)c(N3CCCCC3)c(N)n(C)c2=O)cc1F. The number of hydrogen-bond acceptors (Lipinski definition) is 5. The summed E-state index contributed by atoms with van der Waals surface area (Å²) in [7, 11) is 1.47. The molecule has 3 rings (SSSR count). The van der Waals surface area contributed by atoms with E-state index in [-0.39, 0.29) is 17.2 Å². The van der Waals surface area contributed by atoms with Gasteiger partial charge in [-0.2, -0.15) is 0 Å². The standard InChI is InChI=1S/C19H24FN5O3/c1-12-6-7-13(10-14(12)20)22-15(26)11-25-18(27)16(17(21)23(2)19(25)28)24-8-4-3-5-9-24/h6-7,10H,3-5,8-9,11,21H2,1-2H3,(H,22,26). The van der Waals surface area contributed by atoms with Crippen molar-refractivity contribution in [1.29, 1.82) is 0 Å². The van der Waals surface area contributed by atoms with Crippen LogP contribution in [0.15, 0.2) is 27.8 Å². The van der Waals surface area contributed by atoms with Gasteiger partial charge in [-0.3, -0.25) is 14.2 Å². The van der Waals surface area contributed by atoms with Gasteiger partial charge in [0.2, 0.25) is 5.91 Å². The quantitative estimate of drug-likeness (QED) is 0.818. The van der Waals surface area contributed by atoms with E-state index in [2.05, 4.69) is 5.32 Å². The number of nitrogens with zero attached hydrogens (tertiary/aromatic N) is 3. The number of aromatic nitrogens is 2. The molecule has 0 aliphatic carbocycles. The van der Waals surface area contributed by atoms with Crippen molar-refractivity contribution in [3.8, 4) is 0 Å². The van der Waals surface area contributed by atoms with E-state index in [1.165, 1.54) is 23.7 Å². The van der Waals surface area contributed by atoms with Crippen LogP contribution in [0.4, 0.5) is 21.6 Å². The third-order valence-electron chi connectivity index (χ3n) is 5.00. The topological polar surface area (TPSA) is 102 Å². The lowest BCUT2D eigenvalue weighted by Crippen LogP contribution is -2.46. The lowest BCUT2D eigenvalue weighted by Gasteiger charge is -2.29. The lowest BCUT2D eigenvalue weighted by atomic mass is 10.1. The van der Waals surface area contributed by atoms with Crippen molar-refractivity contribution in [3.63, 3.8) is 0 Å². The van der Waals surface area contributed by atoms with Crippen LogP contribution in [0.5, 0.6) is 0 Å². The first-order valence-electron chi connectivity index (χ1n) is 9.20. The lowest BCUT2D eigenvalue weighted by molar-refractivity contribution is -0.116. The summed E-state index contributed by atoms with van der Waals surface area (Å²) in [6, 6.07) is 4.28. The van der Waals surface area contributed by atoms with Crippen LogP contribution >= 0.6 is 0 Å². The van der Waals surface area contributed by atoms with Gasteiger partial charge in [-0.15, -0.1) is 0 Å². The third kappa shape index (κ3) is 3.78. The molecule has 8 nitrogen and oxygen atoms in total. The molecule has 2 heterocycles. The van der Waals surface area contributed by atoms with Crippen LogP contribution in [-0.4, -0.2) is 28.1 Å². The Morgan fingerprint density at radius 2 is 1.89 bits per heavy atom. The van der Waals surface area contributed by atoms with Crippen molar-refractivity contribution in [1.82, 2.24) is 9.13 Å². The molecule has 0 unspecified atom stereocenters. The summed E-state index contributed by atoms with van der Waals surface area (Å²) in [6.45, 7) is 2.47. The van der Waals surface area contributed by atoms with E-state index < -0.39 is 29.5 Å². The number of hydrogen-bond donors (Lipinski definition) is 2. The minimum absolute atomic E-state index is 0.0918. The van der Waals surface area contributed by atoms with Crippen molar-refractivity contribution in [2.24, 2.45) is 7.05 Å². The number of halogens is 1. The minimum atomic E-state index is -0.673. The Hall–Kier alpha value is -3.10. The Bertz CT molecular complexity index is 1020. The number of anilines is 3. The summed E-state index contributed by atoms with van der Waals surface area (Å²) in [5.41, 5.74) is 5.72. The van der Waals surface area contributed by atoms with Crippen LogP contribution in [0, 0.1) is 12.7 Å². The van der Waals surface area contributed by atoms with Gasteiger partial charge in [0, 0.05) is 25.8 Å². The van der Waals surface area contributed by atoms with Gasteiger partial charge in [0.1, 0.15) is 23.9 Å². The fraction of sp³-hybridized carbons (Fsp3) is 0.421. The van der Waals surface area contributed by atoms with Gasteiger partial charge < -0.3 is 16.0 Å². The monoisotopic (exact) mass is 389 g/mol. The largest absolute Gasteiger partial charge is 0.383 e. The second-order valence-corrected chi connectivity index (χ2v) is 7.03. The fourth-order valence-electron chi connectivity index (χ4n) is 3.34. The van der Waals surface area contributed by atoms with Gasteiger partial charge in [-0.25, -0.2) is 13.8 Å². The number of aryl methyl sites for hydroxylation is 1. The Morgan fingerprint density at radius 3 is 2.54 bits per heavy atom. The molecular weight excluding hydrogens is 365 g/mol. The Labute approximate surface area is 161 Å². The molecule has 150 valence electrons. The maximum absolute atomic E-state index is 13.7. The third-order valence-corrected chi connectivity index (χ3v) is 5.00. The van der Waals surface area contributed by atoms with Gasteiger partial charge in [-0.05, 0) is 43.9 Å². The number of benzene rings is 1. The van der Waals surface area contributed by atoms with E-state index in [9.17, 15) is 18.8 Å². The first kappa shape index (κ1) is 19.7. The highest BCUT2D eigenvalue weighted by atomic mass is 19.1. The normalized spacial score (nSPS) is 14.2. The van der Waals surface area contributed by atoms with Crippen LogP contribution in [0.25, 0.3) is 0 Å². The number of nitrogens with two attached hydrogens (primary N) is 1. The van der Waals surface area contributed by atoms with E-state index in [1.54, 1.807) is 13.0 Å². The van der Waals surface area contributed by atoms with Crippen LogP contribution in [0.3, 0.4) is 0 Å². The van der Waals surface area contributed by atoms with Crippen LogP contribution in [-0.2, 0) is 18.4 Å². The molecule has 0 radical (unpaired) electrons. The van der Waals surface area contributed by atoms with Crippen molar-refractivity contribution >= 4 is 23.1 Å². The average molecular weight is 389 g/mol. The second-order valence-electron chi connectivity index (χ2n) is 7.03. The van der Waals surface area contributed by atoms with Crippen LogP contribution in [0.2, 0.25) is 0 Å². The predicted molar refractivity (Wildman–Crippen MR) is 106 cm³/mol. The van der Waals surface area contributed by atoms with E-state index in [0.29, 0.717) is 18.7 Å². The molecule has 0 spiro atoms. The Morgan fingerprint density at radius 1 is 1.21 bits per heavy atom. The van der Waals surface area contributed by atoms with E-state index in [4.69, 9.17) is 5.73 Å². The molecule has 28 heavy (non-hydrogen) atoms. The fourth-order valence-corrected chi connectivity index (χ4v) is 3.34. The van der Waals surface area contributed by atoms with Crippen molar-refractivity contribution in [2.75, 3.05) is 29.0 Å². The molecule has 9 heteroatoms. The minimum Gasteiger partial charge on any atom is -0.383 e. The number of rotatable bonds is 4. The maximum Gasteiger partial charge on any atom is 0.332 e. The molecule has 1 aromatic heterocycles. The number of amides is 1. The molecule has 1 aromatic carbocycles. The smallest absolute Gasteiger partial charge is 0.332 e. The molecule has 1 amide bonds. The Kier molecular flexibility index (Phi) is 5.53. The van der Waals surface area contributed by atoms with Crippen molar-refractivity contribution in [3.05, 3.63) is 50.4 Å². The number of carbonyl (C=O) groups is 1. The first-order chi connectivity index (χ1) is 13.3. The number of carbonyl (C=O) groups excluding carboxylic acids is 1. The number of piperidine rings is 1. The molecular formula is C19H24FN5O3. The highest BCUT2D eigenvalue weighted by molar-refractivity contribution is 5.90. The zero-order valence-corrected chi connectivity index (χ0v) is 16.0. The molecule has 0 saturated carbocycles. The van der Waals surface area contributed by atoms with Crippen LogP contribution in [0.1, 0.15) is 24.8 Å². The summed E-state index contributed by atoms with van der Waals surface area (Å²) in [5, 5.41) is 2.51. The molecule has 1 fully saturated rings. The summed E-state index contributed by atoms with van der Waals surface area (Å²) >= 11 is 0. The van der Waals surface area contributed by atoms with Crippen molar-refractivity contribution in [2.45, 2.75) is 32.7 Å². The highest BCUT2D eigenvalue weighted by Gasteiger charge is 2.23. The summed E-state index contributed by atoms with van der Waals surface area (Å²) in [4.78, 5) is 39.7. The van der Waals surface area contributed by atoms with E-state index in [1.807, 2.05) is 4.90 Å². The average Bonchev–Trinajstić information content (AvgIpc) is 2.67. The summed E-state index contributed by atoms with van der Waals surface area (Å²) in [5.74, 6) is -0.961. The maximum atomic E-state index is 13.7. The van der Waals surface area contributed by atoms with E-state index >= 15 is 0 Å². The Balaban J connectivity index is 1.91. The second kappa shape index (κ2) is 7.87. The summed E-state index contributed by atoms with van der Waals surface area (Å²) < 4.78 is 15.7. The first-order valence-corrected chi connectivity index (χ1v) is 9.20.